The Labute approximate surface area is 169 Å². The molecule has 0 aliphatic carbocycles. The number of esters is 2. The summed E-state index contributed by atoms with van der Waals surface area (Å²) in [6.45, 7) is 1.58. The van der Waals surface area contributed by atoms with Gasteiger partial charge in [0.05, 0.1) is 12.0 Å². The first-order valence-electron chi connectivity index (χ1n) is 7.34. The number of carbonyl (C=O) groups is 2. The van der Waals surface area contributed by atoms with Crippen molar-refractivity contribution in [2.75, 3.05) is 6.61 Å². The summed E-state index contributed by atoms with van der Waals surface area (Å²) in [6, 6.07) is 0. The Bertz CT molecular complexity index is 715. The quantitative estimate of drug-likeness (QED) is 0.324. The lowest BCUT2D eigenvalue weighted by Gasteiger charge is -2.33. The van der Waals surface area contributed by atoms with Gasteiger partial charge in [0.15, 0.2) is 0 Å². The van der Waals surface area contributed by atoms with Crippen LogP contribution >= 0.6 is 0 Å². The van der Waals surface area contributed by atoms with Gasteiger partial charge >= 0.3 is 47.8 Å². The second kappa shape index (κ2) is 9.07. The van der Waals surface area contributed by atoms with Crippen molar-refractivity contribution in [2.45, 2.75) is 42.8 Å². The van der Waals surface area contributed by atoms with Crippen molar-refractivity contribution in [2.24, 2.45) is 0 Å². The normalized spacial score (nSPS) is 14.3. The van der Waals surface area contributed by atoms with Crippen LogP contribution in [-0.4, -0.2) is 59.6 Å². The van der Waals surface area contributed by atoms with E-state index in [1.807, 2.05) is 0 Å². The molecule has 186 valence electrons. The Morgan fingerprint density at radius 3 is 1.53 bits per heavy atom. The molecule has 0 saturated heterocycles. The molecule has 0 rings (SSSR count). The van der Waals surface area contributed by atoms with E-state index in [1.54, 1.807) is 0 Å². The van der Waals surface area contributed by atoms with Gasteiger partial charge in [-0.2, -0.15) is 52.7 Å². The number of allylic oxidation sites excluding steroid dienone is 1. The Hall–Kier alpha value is -2.66. The Balaban J connectivity index is 5.76. The largest absolute Gasteiger partial charge is 0.468 e. The highest BCUT2D eigenvalue weighted by Gasteiger charge is 2.80. The van der Waals surface area contributed by atoms with Crippen LogP contribution in [-0.2, 0) is 23.8 Å². The van der Waals surface area contributed by atoms with Gasteiger partial charge in [-0.25, -0.2) is 9.59 Å². The van der Waals surface area contributed by atoms with E-state index in [4.69, 9.17) is 5.11 Å². The molecule has 0 aliphatic heterocycles. The Morgan fingerprint density at radius 2 is 1.22 bits per heavy atom. The number of ether oxygens (including phenoxy) is 3. The lowest BCUT2D eigenvalue weighted by molar-refractivity contribution is -0.358. The minimum atomic E-state index is -6.66. The zero-order valence-corrected chi connectivity index (χ0v) is 15.1. The second-order valence-corrected chi connectivity index (χ2v) is 5.56. The van der Waals surface area contributed by atoms with Gasteiger partial charge in [0.2, 0.25) is 0 Å². The molecule has 0 aromatic heterocycles. The summed E-state index contributed by atoms with van der Waals surface area (Å²) in [4.78, 5) is 22.5. The molecule has 0 bridgehead atoms. The van der Waals surface area contributed by atoms with Crippen LogP contribution in [0.15, 0.2) is 24.7 Å². The van der Waals surface area contributed by atoms with Gasteiger partial charge in [-0.15, -0.1) is 0 Å². The van der Waals surface area contributed by atoms with Crippen molar-refractivity contribution >= 4 is 11.9 Å². The Morgan fingerprint density at radius 1 is 0.812 bits per heavy atom. The molecule has 0 atom stereocenters. The molecule has 0 spiro atoms. The van der Waals surface area contributed by atoms with Gasteiger partial charge in [0, 0.05) is 0 Å². The fraction of sp³-hybridized carbons (Fsp3) is 0.571. The van der Waals surface area contributed by atoms with E-state index in [9.17, 15) is 62.3 Å². The van der Waals surface area contributed by atoms with E-state index in [0.717, 1.165) is 0 Å². The van der Waals surface area contributed by atoms with Crippen LogP contribution in [0, 0.1) is 0 Å². The molecule has 18 heteroatoms. The standard InChI is InChI=1S/C14H10F12O6/c1-6(2)32-8(28)10(13(21,22)23,14(24,25)26)31-5-3-4-30-7(27)9(29,11(15,16)17)12(18,19)20/h3,5,29H,1,4H2,2H3/b5-3+. The molecule has 0 unspecified atom stereocenters. The number of alkyl halides is 12. The first-order chi connectivity index (χ1) is 14.0. The third kappa shape index (κ3) is 5.57. The minimum absolute atomic E-state index is 0.231. The number of rotatable bonds is 7. The number of aliphatic hydroxyl groups is 1. The molecule has 6 nitrogen and oxygen atoms in total. The second-order valence-electron chi connectivity index (χ2n) is 5.56. The highest BCUT2D eigenvalue weighted by Crippen LogP contribution is 2.47. The molecule has 0 amide bonds. The predicted molar refractivity (Wildman–Crippen MR) is 74.0 cm³/mol. The highest BCUT2D eigenvalue weighted by molar-refractivity contribution is 5.83. The van der Waals surface area contributed by atoms with Crippen LogP contribution in [0.1, 0.15) is 6.92 Å². The number of carbonyl (C=O) groups excluding carboxylic acids is 2. The van der Waals surface area contributed by atoms with Crippen LogP contribution in [0.2, 0.25) is 0 Å². The van der Waals surface area contributed by atoms with E-state index in [1.165, 1.54) is 0 Å². The fourth-order valence-electron chi connectivity index (χ4n) is 1.61. The average molecular weight is 502 g/mol. The maximum Gasteiger partial charge on any atom is 0.449 e. The smallest absolute Gasteiger partial charge is 0.449 e. The summed E-state index contributed by atoms with van der Waals surface area (Å²) < 4.78 is 163. The lowest BCUT2D eigenvalue weighted by atomic mass is 10.0. The summed E-state index contributed by atoms with van der Waals surface area (Å²) in [5.74, 6) is -7.43. The van der Waals surface area contributed by atoms with E-state index in [2.05, 4.69) is 20.8 Å². The van der Waals surface area contributed by atoms with Gasteiger partial charge in [-0.3, -0.25) is 0 Å². The summed E-state index contributed by atoms with van der Waals surface area (Å²) in [5.41, 5.74) is -11.8. The van der Waals surface area contributed by atoms with Crippen LogP contribution in [0.3, 0.4) is 0 Å². The highest BCUT2D eigenvalue weighted by atomic mass is 19.4. The third-order valence-corrected chi connectivity index (χ3v) is 3.12. The zero-order chi connectivity index (χ0) is 26.0. The number of hydrogen-bond acceptors (Lipinski definition) is 6. The SMILES string of the molecule is C=C(C)OC(=O)C(O/C=C/COC(=O)C(O)(C(F)(F)F)C(F)(F)F)(C(F)(F)F)C(F)(F)F. The maximum absolute atomic E-state index is 13.1. The molecule has 0 aromatic carbocycles. The van der Waals surface area contributed by atoms with Gasteiger partial charge in [0.1, 0.15) is 6.61 Å². The number of hydrogen-bond donors (Lipinski definition) is 1. The van der Waals surface area contributed by atoms with Crippen molar-refractivity contribution in [3.63, 3.8) is 0 Å². The van der Waals surface area contributed by atoms with Crippen molar-refractivity contribution in [1.82, 2.24) is 0 Å². The van der Waals surface area contributed by atoms with Crippen LogP contribution in [0.4, 0.5) is 52.7 Å². The predicted octanol–water partition coefficient (Wildman–Crippen LogP) is 3.86. The van der Waals surface area contributed by atoms with E-state index >= 15 is 0 Å². The summed E-state index contributed by atoms with van der Waals surface area (Å²) in [7, 11) is 0. The van der Waals surface area contributed by atoms with Gasteiger partial charge in [-0.1, -0.05) is 6.58 Å². The molecule has 0 heterocycles. The van der Waals surface area contributed by atoms with Gasteiger partial charge in [-0.05, 0) is 13.0 Å². The first kappa shape index (κ1) is 29.3. The van der Waals surface area contributed by atoms with E-state index in [-0.39, 0.29) is 6.08 Å². The van der Waals surface area contributed by atoms with Gasteiger partial charge < -0.3 is 19.3 Å². The van der Waals surface area contributed by atoms with Crippen molar-refractivity contribution in [3.05, 3.63) is 24.7 Å². The molecule has 0 aromatic rings. The maximum atomic E-state index is 13.1. The van der Waals surface area contributed by atoms with Crippen LogP contribution in [0.25, 0.3) is 0 Å². The summed E-state index contributed by atoms with van der Waals surface area (Å²) in [5, 5.41) is 8.66. The molecule has 0 radical (unpaired) electrons. The zero-order valence-electron chi connectivity index (χ0n) is 15.1. The molecule has 32 heavy (non-hydrogen) atoms. The first-order valence-corrected chi connectivity index (χ1v) is 7.34. The Kier molecular flexibility index (Phi) is 8.31. The molecule has 0 saturated carbocycles. The van der Waals surface area contributed by atoms with Crippen molar-refractivity contribution < 1.29 is 81.6 Å². The fourth-order valence-corrected chi connectivity index (χ4v) is 1.61. The number of halogens is 12. The van der Waals surface area contributed by atoms with Crippen LogP contribution < -0.4 is 0 Å². The molecule has 0 fully saturated rings. The van der Waals surface area contributed by atoms with E-state index in [0.29, 0.717) is 6.92 Å². The average Bonchev–Trinajstić information content (AvgIpc) is 2.51. The van der Waals surface area contributed by atoms with E-state index < -0.39 is 66.5 Å². The lowest BCUT2D eigenvalue weighted by Crippen LogP contribution is -2.64. The molecular formula is C14H10F12O6. The summed E-state index contributed by atoms with van der Waals surface area (Å²) >= 11 is 0. The third-order valence-electron chi connectivity index (χ3n) is 3.12. The molecule has 1 N–H and O–H groups in total. The van der Waals surface area contributed by atoms with Gasteiger partial charge in [0.25, 0.3) is 0 Å². The van der Waals surface area contributed by atoms with Crippen molar-refractivity contribution in [3.8, 4) is 0 Å². The monoisotopic (exact) mass is 502 g/mol. The molecule has 0 aliphatic rings. The summed E-state index contributed by atoms with van der Waals surface area (Å²) in [6.07, 6.45) is -27.3. The molecular weight excluding hydrogens is 492 g/mol. The van der Waals surface area contributed by atoms with Crippen molar-refractivity contribution in [1.29, 1.82) is 0 Å². The topological polar surface area (TPSA) is 82.1 Å². The minimum Gasteiger partial charge on any atom is -0.468 e. The van der Waals surface area contributed by atoms with Crippen LogP contribution in [0.5, 0.6) is 0 Å².